The minimum absolute atomic E-state index is 0.869. The summed E-state index contributed by atoms with van der Waals surface area (Å²) in [6.45, 7) is 12.1. The summed E-state index contributed by atoms with van der Waals surface area (Å²) in [5, 5.41) is 3.47. The van der Waals surface area contributed by atoms with Crippen molar-refractivity contribution in [3.8, 4) is 0 Å². The van der Waals surface area contributed by atoms with E-state index in [1.54, 1.807) is 0 Å². The van der Waals surface area contributed by atoms with Crippen LogP contribution in [-0.4, -0.2) is 37.6 Å². The van der Waals surface area contributed by atoms with E-state index in [1.165, 1.54) is 45.6 Å². The Balaban J connectivity index is 2.19. The smallest absolute Gasteiger partial charge is 0.00218 e. The fraction of sp³-hybridized carbons (Fsp3) is 0.833. The molecule has 82 valence electrons. The summed E-state index contributed by atoms with van der Waals surface area (Å²) in [6, 6.07) is 0. The molecule has 1 unspecified atom stereocenters. The average molecular weight is 196 g/mol. The highest BCUT2D eigenvalue weighted by molar-refractivity contribution is 4.75. The molecule has 14 heavy (non-hydrogen) atoms. The molecule has 0 radical (unpaired) electrons. The second-order valence-electron chi connectivity index (χ2n) is 4.18. The molecule has 1 aliphatic heterocycles. The van der Waals surface area contributed by atoms with Gasteiger partial charge in [0.05, 0.1) is 0 Å². The van der Waals surface area contributed by atoms with Crippen LogP contribution >= 0.6 is 0 Å². The van der Waals surface area contributed by atoms with Crippen molar-refractivity contribution in [3.63, 3.8) is 0 Å². The third-order valence-corrected chi connectivity index (χ3v) is 3.01. The molecule has 1 fully saturated rings. The van der Waals surface area contributed by atoms with E-state index in [1.807, 2.05) is 6.08 Å². The normalized spacial score (nSPS) is 22.6. The minimum Gasteiger partial charge on any atom is -0.316 e. The lowest BCUT2D eigenvalue weighted by molar-refractivity contribution is 0.219. The number of piperidine rings is 1. The zero-order chi connectivity index (χ0) is 10.2. The van der Waals surface area contributed by atoms with E-state index in [4.69, 9.17) is 0 Å². The number of hydrogen-bond acceptors (Lipinski definition) is 2. The Morgan fingerprint density at radius 3 is 3.00 bits per heavy atom. The molecule has 2 heteroatoms. The number of nitrogens with one attached hydrogen (secondary N) is 1. The van der Waals surface area contributed by atoms with E-state index in [0.29, 0.717) is 0 Å². The molecule has 1 rings (SSSR count). The molecule has 0 aliphatic carbocycles. The van der Waals surface area contributed by atoms with Gasteiger partial charge in [-0.15, -0.1) is 6.58 Å². The number of hydrogen-bond donors (Lipinski definition) is 1. The molecule has 1 atom stereocenters. The largest absolute Gasteiger partial charge is 0.316 e. The predicted molar refractivity (Wildman–Crippen MR) is 62.5 cm³/mol. The molecule has 0 aromatic carbocycles. The molecule has 1 heterocycles. The van der Waals surface area contributed by atoms with Crippen molar-refractivity contribution in [2.75, 3.05) is 32.7 Å². The van der Waals surface area contributed by atoms with Gasteiger partial charge in [0.15, 0.2) is 0 Å². The SMILES string of the molecule is C=CCCN(CC)CC1CCCNC1. The Bertz CT molecular complexity index is 150. The van der Waals surface area contributed by atoms with Crippen LogP contribution in [0.2, 0.25) is 0 Å². The van der Waals surface area contributed by atoms with Gasteiger partial charge in [-0.2, -0.15) is 0 Å². The van der Waals surface area contributed by atoms with Crippen LogP contribution in [0.1, 0.15) is 26.2 Å². The molecule has 2 nitrogen and oxygen atoms in total. The average Bonchev–Trinajstić information content (AvgIpc) is 2.25. The molecular weight excluding hydrogens is 172 g/mol. The fourth-order valence-corrected chi connectivity index (χ4v) is 2.10. The Kier molecular flexibility index (Phi) is 5.88. The van der Waals surface area contributed by atoms with Crippen LogP contribution in [0.5, 0.6) is 0 Å². The van der Waals surface area contributed by atoms with Gasteiger partial charge in [-0.1, -0.05) is 13.0 Å². The van der Waals surface area contributed by atoms with Crippen molar-refractivity contribution in [2.24, 2.45) is 5.92 Å². The molecule has 1 N–H and O–H groups in total. The maximum Gasteiger partial charge on any atom is 0.00218 e. The van der Waals surface area contributed by atoms with Gasteiger partial charge >= 0.3 is 0 Å². The van der Waals surface area contributed by atoms with Crippen molar-refractivity contribution in [1.82, 2.24) is 10.2 Å². The minimum atomic E-state index is 0.869. The molecule has 0 saturated carbocycles. The lowest BCUT2D eigenvalue weighted by Gasteiger charge is -2.29. The summed E-state index contributed by atoms with van der Waals surface area (Å²) in [7, 11) is 0. The molecule has 0 aromatic heterocycles. The lowest BCUT2D eigenvalue weighted by atomic mass is 9.99. The van der Waals surface area contributed by atoms with Crippen molar-refractivity contribution in [3.05, 3.63) is 12.7 Å². The molecule has 1 saturated heterocycles. The zero-order valence-corrected chi connectivity index (χ0v) is 9.47. The van der Waals surface area contributed by atoms with Crippen LogP contribution in [0.15, 0.2) is 12.7 Å². The number of nitrogens with zero attached hydrogens (tertiary/aromatic N) is 1. The first-order chi connectivity index (χ1) is 6.86. The van der Waals surface area contributed by atoms with Crippen LogP contribution in [0.25, 0.3) is 0 Å². The number of rotatable bonds is 6. The van der Waals surface area contributed by atoms with Crippen molar-refractivity contribution in [1.29, 1.82) is 0 Å². The highest BCUT2D eigenvalue weighted by atomic mass is 15.1. The monoisotopic (exact) mass is 196 g/mol. The fourth-order valence-electron chi connectivity index (χ4n) is 2.10. The van der Waals surface area contributed by atoms with Gasteiger partial charge in [-0.3, -0.25) is 0 Å². The van der Waals surface area contributed by atoms with E-state index in [2.05, 4.69) is 23.7 Å². The summed E-state index contributed by atoms with van der Waals surface area (Å²) in [4.78, 5) is 2.54. The maximum atomic E-state index is 3.77. The van der Waals surface area contributed by atoms with E-state index in [0.717, 1.165) is 12.3 Å². The first-order valence-electron chi connectivity index (χ1n) is 5.90. The third kappa shape index (κ3) is 4.25. The molecule has 0 aromatic rings. The summed E-state index contributed by atoms with van der Waals surface area (Å²) < 4.78 is 0. The van der Waals surface area contributed by atoms with E-state index in [-0.39, 0.29) is 0 Å². The summed E-state index contributed by atoms with van der Waals surface area (Å²) in [6.07, 6.45) is 5.89. The van der Waals surface area contributed by atoms with E-state index in [9.17, 15) is 0 Å². The second kappa shape index (κ2) is 7.02. The van der Waals surface area contributed by atoms with Crippen molar-refractivity contribution < 1.29 is 0 Å². The molecule has 0 bridgehead atoms. The Morgan fingerprint density at radius 1 is 1.57 bits per heavy atom. The lowest BCUT2D eigenvalue weighted by Crippen LogP contribution is -2.38. The predicted octanol–water partition coefficient (Wildman–Crippen LogP) is 1.88. The van der Waals surface area contributed by atoms with Crippen LogP contribution in [0.4, 0.5) is 0 Å². The first kappa shape index (κ1) is 11.7. The highest BCUT2D eigenvalue weighted by Gasteiger charge is 2.15. The Hall–Kier alpha value is -0.340. The molecular formula is C12H24N2. The molecule has 1 aliphatic rings. The van der Waals surface area contributed by atoms with E-state index >= 15 is 0 Å². The van der Waals surface area contributed by atoms with Crippen LogP contribution in [0, 0.1) is 5.92 Å². The first-order valence-corrected chi connectivity index (χ1v) is 5.90. The topological polar surface area (TPSA) is 15.3 Å². The van der Waals surface area contributed by atoms with Crippen LogP contribution in [-0.2, 0) is 0 Å². The van der Waals surface area contributed by atoms with Crippen LogP contribution < -0.4 is 5.32 Å². The van der Waals surface area contributed by atoms with Gasteiger partial charge in [0, 0.05) is 13.1 Å². The van der Waals surface area contributed by atoms with Gasteiger partial charge in [-0.05, 0) is 44.8 Å². The summed E-state index contributed by atoms with van der Waals surface area (Å²) in [5.41, 5.74) is 0. The van der Waals surface area contributed by atoms with Gasteiger partial charge in [-0.25, -0.2) is 0 Å². The van der Waals surface area contributed by atoms with Gasteiger partial charge in [0.25, 0.3) is 0 Å². The zero-order valence-electron chi connectivity index (χ0n) is 9.47. The Morgan fingerprint density at radius 2 is 2.43 bits per heavy atom. The van der Waals surface area contributed by atoms with Crippen molar-refractivity contribution in [2.45, 2.75) is 26.2 Å². The summed E-state index contributed by atoms with van der Waals surface area (Å²) in [5.74, 6) is 0.869. The Labute approximate surface area is 88.4 Å². The van der Waals surface area contributed by atoms with Gasteiger partial charge in [0.2, 0.25) is 0 Å². The quantitative estimate of drug-likeness (QED) is 0.653. The van der Waals surface area contributed by atoms with Gasteiger partial charge in [0.1, 0.15) is 0 Å². The standard InChI is InChI=1S/C12H24N2/c1-3-5-9-14(4-2)11-12-7-6-8-13-10-12/h3,12-13H,1,4-11H2,2H3. The third-order valence-electron chi connectivity index (χ3n) is 3.01. The maximum absolute atomic E-state index is 3.77. The van der Waals surface area contributed by atoms with E-state index < -0.39 is 0 Å². The van der Waals surface area contributed by atoms with Gasteiger partial charge < -0.3 is 10.2 Å². The summed E-state index contributed by atoms with van der Waals surface area (Å²) >= 11 is 0. The van der Waals surface area contributed by atoms with Crippen LogP contribution in [0.3, 0.4) is 0 Å². The molecule has 0 amide bonds. The molecule has 0 spiro atoms. The van der Waals surface area contributed by atoms with Crippen molar-refractivity contribution >= 4 is 0 Å². The second-order valence-corrected chi connectivity index (χ2v) is 4.18. The highest BCUT2D eigenvalue weighted by Crippen LogP contribution is 2.11.